The van der Waals surface area contributed by atoms with Crippen LogP contribution in [0.25, 0.3) is 0 Å². The van der Waals surface area contributed by atoms with Gasteiger partial charge in [-0.1, -0.05) is 43.4 Å². The van der Waals surface area contributed by atoms with E-state index in [1.54, 1.807) is 0 Å². The number of rotatable bonds is 4. The van der Waals surface area contributed by atoms with Gasteiger partial charge in [-0.15, -0.1) is 0 Å². The Bertz CT molecular complexity index is 502. The van der Waals surface area contributed by atoms with E-state index in [4.69, 9.17) is 0 Å². The topological polar surface area (TPSA) is 49.4 Å². The lowest BCUT2D eigenvalue weighted by Gasteiger charge is -2.23. The van der Waals surface area contributed by atoms with Crippen molar-refractivity contribution >= 4 is 17.5 Å². The molecule has 1 N–H and O–H groups in total. The first-order chi connectivity index (χ1) is 10.6. The Morgan fingerprint density at radius 1 is 1.09 bits per heavy atom. The van der Waals surface area contributed by atoms with Gasteiger partial charge in [-0.25, -0.2) is 0 Å². The van der Waals surface area contributed by atoms with Crippen LogP contribution in [0.3, 0.4) is 0 Å². The molecule has 0 spiro atoms. The fraction of sp³-hybridized carbons (Fsp3) is 0.556. The zero-order valence-electron chi connectivity index (χ0n) is 13.6. The molecular formula is C18H26N2O2. The molecule has 1 saturated carbocycles. The monoisotopic (exact) mass is 302 g/mol. The summed E-state index contributed by atoms with van der Waals surface area (Å²) in [5, 5.41) is 3.09. The Hall–Kier alpha value is -1.84. The van der Waals surface area contributed by atoms with Crippen LogP contribution in [0.2, 0.25) is 0 Å². The second-order valence-electron chi connectivity index (χ2n) is 6.20. The van der Waals surface area contributed by atoms with Crippen LogP contribution >= 0.6 is 0 Å². The van der Waals surface area contributed by atoms with Gasteiger partial charge >= 0.3 is 0 Å². The second-order valence-corrected chi connectivity index (χ2v) is 6.20. The first-order valence-corrected chi connectivity index (χ1v) is 8.20. The first-order valence-electron chi connectivity index (χ1n) is 8.20. The molecule has 0 aromatic heterocycles. The van der Waals surface area contributed by atoms with Crippen molar-refractivity contribution in [2.75, 3.05) is 11.4 Å². The quantitative estimate of drug-likeness (QED) is 0.868. The highest BCUT2D eigenvalue weighted by molar-refractivity contribution is 5.97. The number of aryl methyl sites for hydroxylation is 1. The van der Waals surface area contributed by atoms with Crippen molar-refractivity contribution in [3.05, 3.63) is 29.8 Å². The van der Waals surface area contributed by atoms with Gasteiger partial charge in [0.25, 0.3) is 0 Å². The molecule has 4 nitrogen and oxygen atoms in total. The summed E-state index contributed by atoms with van der Waals surface area (Å²) < 4.78 is 0. The maximum Gasteiger partial charge on any atom is 0.240 e. The van der Waals surface area contributed by atoms with Gasteiger partial charge in [0.1, 0.15) is 6.54 Å². The minimum Gasteiger partial charge on any atom is -0.352 e. The average molecular weight is 302 g/mol. The van der Waals surface area contributed by atoms with Crippen LogP contribution in [-0.2, 0) is 9.59 Å². The summed E-state index contributed by atoms with van der Waals surface area (Å²) in [5.41, 5.74) is 1.91. The van der Waals surface area contributed by atoms with Crippen LogP contribution in [0.15, 0.2) is 24.3 Å². The van der Waals surface area contributed by atoms with Crippen molar-refractivity contribution in [2.24, 2.45) is 0 Å². The fourth-order valence-electron chi connectivity index (χ4n) is 2.95. The largest absolute Gasteiger partial charge is 0.352 e. The summed E-state index contributed by atoms with van der Waals surface area (Å²) in [6, 6.07) is 7.94. The van der Waals surface area contributed by atoms with Gasteiger partial charge < -0.3 is 10.2 Å². The van der Waals surface area contributed by atoms with E-state index in [0.717, 1.165) is 24.1 Å². The van der Waals surface area contributed by atoms with E-state index in [2.05, 4.69) is 5.32 Å². The minimum absolute atomic E-state index is 0.0670. The molecule has 1 aromatic rings. The third kappa shape index (κ3) is 4.86. The molecule has 2 amide bonds. The Labute approximate surface area is 132 Å². The van der Waals surface area contributed by atoms with Gasteiger partial charge in [-0.3, -0.25) is 9.59 Å². The highest BCUT2D eigenvalue weighted by Crippen LogP contribution is 2.18. The smallest absolute Gasteiger partial charge is 0.240 e. The van der Waals surface area contributed by atoms with Gasteiger partial charge in [-0.05, 0) is 31.9 Å². The molecule has 1 fully saturated rings. The third-order valence-corrected chi connectivity index (χ3v) is 4.25. The number of hydrogen-bond acceptors (Lipinski definition) is 2. The maximum absolute atomic E-state index is 12.3. The maximum atomic E-state index is 12.3. The number of amides is 2. The van der Waals surface area contributed by atoms with E-state index >= 15 is 0 Å². The molecular weight excluding hydrogens is 276 g/mol. The zero-order chi connectivity index (χ0) is 15.9. The van der Waals surface area contributed by atoms with Gasteiger partial charge in [0.15, 0.2) is 0 Å². The molecule has 0 bridgehead atoms. The van der Waals surface area contributed by atoms with Crippen molar-refractivity contribution in [3.8, 4) is 0 Å². The third-order valence-electron chi connectivity index (χ3n) is 4.25. The number of carbonyl (C=O) groups excluding carboxylic acids is 2. The molecule has 0 atom stereocenters. The van der Waals surface area contributed by atoms with E-state index in [1.807, 2.05) is 31.2 Å². The molecule has 4 heteroatoms. The summed E-state index contributed by atoms with van der Waals surface area (Å²) in [6.45, 7) is 3.59. The highest BCUT2D eigenvalue weighted by Gasteiger charge is 2.19. The molecule has 0 aliphatic heterocycles. The molecule has 0 unspecified atom stereocenters. The van der Waals surface area contributed by atoms with E-state index in [1.165, 1.54) is 37.5 Å². The lowest BCUT2D eigenvalue weighted by Crippen LogP contribution is -2.43. The lowest BCUT2D eigenvalue weighted by atomic mass is 10.1. The standard InChI is InChI=1S/C18H26N2O2/c1-14-9-11-17(12-10-14)20(15(2)21)13-18(22)19-16-7-5-3-4-6-8-16/h9-12,16H,3-8,13H2,1-2H3,(H,19,22). The molecule has 1 aliphatic carbocycles. The van der Waals surface area contributed by atoms with Crippen LogP contribution in [0.1, 0.15) is 51.0 Å². The summed E-state index contributed by atoms with van der Waals surface area (Å²) in [7, 11) is 0. The van der Waals surface area contributed by atoms with Crippen molar-refractivity contribution in [2.45, 2.75) is 58.4 Å². The van der Waals surface area contributed by atoms with Crippen molar-refractivity contribution in [1.29, 1.82) is 0 Å². The lowest BCUT2D eigenvalue weighted by molar-refractivity contribution is -0.123. The van der Waals surface area contributed by atoms with Crippen LogP contribution in [0, 0.1) is 6.92 Å². The number of hydrogen-bond donors (Lipinski definition) is 1. The highest BCUT2D eigenvalue weighted by atomic mass is 16.2. The van der Waals surface area contributed by atoms with Crippen LogP contribution in [0.5, 0.6) is 0 Å². The SMILES string of the molecule is CC(=O)N(CC(=O)NC1CCCCCC1)c1ccc(C)cc1. The normalized spacial score (nSPS) is 15.9. The van der Waals surface area contributed by atoms with Crippen LogP contribution < -0.4 is 10.2 Å². The van der Waals surface area contributed by atoms with E-state index in [0.29, 0.717) is 0 Å². The Balaban J connectivity index is 1.96. The van der Waals surface area contributed by atoms with Gasteiger partial charge in [0.05, 0.1) is 0 Å². The predicted molar refractivity (Wildman–Crippen MR) is 88.8 cm³/mol. The number of carbonyl (C=O) groups is 2. The summed E-state index contributed by atoms with van der Waals surface area (Å²) in [4.78, 5) is 25.7. The molecule has 1 aromatic carbocycles. The molecule has 120 valence electrons. The minimum atomic E-state index is -0.111. The summed E-state index contributed by atoms with van der Waals surface area (Å²) >= 11 is 0. The van der Waals surface area contributed by atoms with Gasteiger partial charge in [0, 0.05) is 18.7 Å². The van der Waals surface area contributed by atoms with Crippen LogP contribution in [0.4, 0.5) is 5.69 Å². The molecule has 2 rings (SSSR count). The van der Waals surface area contributed by atoms with Gasteiger partial charge in [-0.2, -0.15) is 0 Å². The summed E-state index contributed by atoms with van der Waals surface area (Å²) in [5.74, 6) is -0.178. The van der Waals surface area contributed by atoms with E-state index in [-0.39, 0.29) is 24.4 Å². The number of nitrogens with one attached hydrogen (secondary N) is 1. The van der Waals surface area contributed by atoms with E-state index in [9.17, 15) is 9.59 Å². The molecule has 22 heavy (non-hydrogen) atoms. The van der Waals surface area contributed by atoms with E-state index < -0.39 is 0 Å². The van der Waals surface area contributed by atoms with Crippen molar-refractivity contribution in [3.63, 3.8) is 0 Å². The number of anilines is 1. The molecule has 0 saturated heterocycles. The summed E-state index contributed by atoms with van der Waals surface area (Å²) in [6.07, 6.45) is 6.98. The predicted octanol–water partition coefficient (Wildman–Crippen LogP) is 3.19. The van der Waals surface area contributed by atoms with Gasteiger partial charge in [0.2, 0.25) is 11.8 Å². The van der Waals surface area contributed by atoms with Crippen molar-refractivity contribution in [1.82, 2.24) is 5.32 Å². The molecule has 1 aliphatic rings. The average Bonchev–Trinajstić information content (AvgIpc) is 2.74. The number of benzene rings is 1. The molecule has 0 heterocycles. The Morgan fingerprint density at radius 2 is 1.68 bits per heavy atom. The fourth-order valence-corrected chi connectivity index (χ4v) is 2.95. The Morgan fingerprint density at radius 3 is 2.23 bits per heavy atom. The first kappa shape index (κ1) is 16.5. The number of nitrogens with zero attached hydrogens (tertiary/aromatic N) is 1. The second kappa shape index (κ2) is 7.97. The zero-order valence-corrected chi connectivity index (χ0v) is 13.6. The Kier molecular flexibility index (Phi) is 5.99. The molecule has 0 radical (unpaired) electrons. The van der Waals surface area contributed by atoms with Crippen molar-refractivity contribution < 1.29 is 9.59 Å². The van der Waals surface area contributed by atoms with Crippen LogP contribution in [-0.4, -0.2) is 24.4 Å².